The van der Waals surface area contributed by atoms with E-state index in [4.69, 9.17) is 5.11 Å². The summed E-state index contributed by atoms with van der Waals surface area (Å²) in [6.07, 6.45) is 3.12. The maximum absolute atomic E-state index is 11.5. The number of carbonyl (C=O) groups is 1. The lowest BCUT2D eigenvalue weighted by molar-refractivity contribution is -0.118. The molecule has 0 heterocycles. The highest BCUT2D eigenvalue weighted by Crippen LogP contribution is 2.27. The molecule has 1 atom stereocenters. The molecular formula is C14H19NO2S. The van der Waals surface area contributed by atoms with Crippen molar-refractivity contribution in [2.75, 3.05) is 12.3 Å². The van der Waals surface area contributed by atoms with Gasteiger partial charge in [0, 0.05) is 11.4 Å². The molecule has 18 heavy (non-hydrogen) atoms. The summed E-state index contributed by atoms with van der Waals surface area (Å²) >= 11 is 1.55. The molecule has 0 fully saturated rings. The van der Waals surface area contributed by atoms with Gasteiger partial charge in [0.05, 0.1) is 11.9 Å². The third-order valence-corrected chi connectivity index (χ3v) is 4.03. The summed E-state index contributed by atoms with van der Waals surface area (Å²) in [5, 5.41) is 11.8. The molecule has 1 aliphatic carbocycles. The van der Waals surface area contributed by atoms with Gasteiger partial charge in [-0.2, -0.15) is 0 Å². The van der Waals surface area contributed by atoms with Crippen LogP contribution in [0.3, 0.4) is 0 Å². The first-order chi connectivity index (χ1) is 8.65. The quantitative estimate of drug-likeness (QED) is 0.798. The van der Waals surface area contributed by atoms with E-state index in [0.717, 1.165) is 11.3 Å². The number of hydrogen-bond donors (Lipinski definition) is 2. The lowest BCUT2D eigenvalue weighted by Gasteiger charge is -2.07. The second kappa shape index (κ2) is 6.25. The van der Waals surface area contributed by atoms with Crippen molar-refractivity contribution in [1.82, 2.24) is 5.32 Å². The van der Waals surface area contributed by atoms with Crippen LogP contribution < -0.4 is 5.32 Å². The molecule has 1 amide bonds. The maximum atomic E-state index is 11.5. The molecule has 4 heteroatoms. The Morgan fingerprint density at radius 2 is 2.22 bits per heavy atom. The van der Waals surface area contributed by atoms with Crippen molar-refractivity contribution < 1.29 is 9.90 Å². The summed E-state index contributed by atoms with van der Waals surface area (Å²) < 4.78 is 0. The molecule has 98 valence electrons. The number of aryl methyl sites for hydroxylation is 2. The van der Waals surface area contributed by atoms with Gasteiger partial charge in [0.25, 0.3) is 0 Å². The van der Waals surface area contributed by atoms with Gasteiger partial charge < -0.3 is 10.4 Å². The van der Waals surface area contributed by atoms with Gasteiger partial charge in [0.1, 0.15) is 0 Å². The predicted octanol–water partition coefficient (Wildman–Crippen LogP) is 1.76. The van der Waals surface area contributed by atoms with E-state index in [9.17, 15) is 4.79 Å². The van der Waals surface area contributed by atoms with E-state index in [1.807, 2.05) is 0 Å². The van der Waals surface area contributed by atoms with Crippen molar-refractivity contribution in [3.8, 4) is 0 Å². The number of thioether (sulfide) groups is 1. The van der Waals surface area contributed by atoms with E-state index >= 15 is 0 Å². The van der Waals surface area contributed by atoms with Crippen molar-refractivity contribution >= 4 is 17.7 Å². The van der Waals surface area contributed by atoms with Gasteiger partial charge in [0.15, 0.2) is 0 Å². The van der Waals surface area contributed by atoms with Gasteiger partial charge in [-0.25, -0.2) is 0 Å². The minimum absolute atomic E-state index is 0.0265. The van der Waals surface area contributed by atoms with Crippen LogP contribution in [0.15, 0.2) is 23.1 Å². The molecule has 0 saturated carbocycles. The van der Waals surface area contributed by atoms with Crippen molar-refractivity contribution in [2.45, 2.75) is 37.2 Å². The van der Waals surface area contributed by atoms with E-state index < -0.39 is 6.10 Å². The van der Waals surface area contributed by atoms with Crippen LogP contribution in [0.25, 0.3) is 0 Å². The second-order valence-electron chi connectivity index (χ2n) is 4.73. The van der Waals surface area contributed by atoms with Gasteiger partial charge in [-0.3, -0.25) is 4.79 Å². The number of aliphatic hydroxyl groups excluding tert-OH is 1. The van der Waals surface area contributed by atoms with Crippen LogP contribution in [0.2, 0.25) is 0 Å². The Kier molecular flexibility index (Phi) is 4.66. The first-order valence-electron chi connectivity index (χ1n) is 6.34. The highest BCUT2D eigenvalue weighted by molar-refractivity contribution is 8.00. The Balaban J connectivity index is 1.81. The van der Waals surface area contributed by atoms with E-state index in [1.54, 1.807) is 18.7 Å². The van der Waals surface area contributed by atoms with Crippen LogP contribution in [0, 0.1) is 0 Å². The smallest absolute Gasteiger partial charge is 0.230 e. The zero-order chi connectivity index (χ0) is 13.0. The Bertz CT molecular complexity index is 432. The molecule has 0 aliphatic heterocycles. The number of carbonyl (C=O) groups excluding carboxylic acids is 1. The second-order valence-corrected chi connectivity index (χ2v) is 5.77. The minimum Gasteiger partial charge on any atom is -0.392 e. The van der Waals surface area contributed by atoms with Crippen LogP contribution in [0.4, 0.5) is 0 Å². The number of hydrogen-bond acceptors (Lipinski definition) is 3. The number of benzene rings is 1. The fraction of sp³-hybridized carbons (Fsp3) is 0.500. The number of nitrogens with one attached hydrogen (secondary N) is 1. The Labute approximate surface area is 112 Å². The fourth-order valence-electron chi connectivity index (χ4n) is 2.10. The summed E-state index contributed by atoms with van der Waals surface area (Å²) in [6, 6.07) is 6.48. The normalized spacial score (nSPS) is 15.2. The molecule has 1 aromatic carbocycles. The average molecular weight is 265 g/mol. The lowest BCUT2D eigenvalue weighted by Crippen LogP contribution is -2.31. The number of amides is 1. The molecule has 0 radical (unpaired) electrons. The Hall–Kier alpha value is -1.00. The Morgan fingerprint density at radius 3 is 3.00 bits per heavy atom. The molecule has 3 nitrogen and oxygen atoms in total. The topological polar surface area (TPSA) is 49.3 Å². The first-order valence-corrected chi connectivity index (χ1v) is 7.33. The monoisotopic (exact) mass is 265 g/mol. The van der Waals surface area contributed by atoms with E-state index in [-0.39, 0.29) is 5.91 Å². The molecule has 0 saturated heterocycles. The molecule has 1 aliphatic rings. The minimum atomic E-state index is -0.487. The van der Waals surface area contributed by atoms with Crippen molar-refractivity contribution in [1.29, 1.82) is 0 Å². The summed E-state index contributed by atoms with van der Waals surface area (Å²) in [5.74, 6) is 0.382. The zero-order valence-electron chi connectivity index (χ0n) is 10.6. The van der Waals surface area contributed by atoms with Gasteiger partial charge in [0.2, 0.25) is 5.91 Å². The molecule has 0 spiro atoms. The fourth-order valence-corrected chi connectivity index (χ4v) is 2.89. The first kappa shape index (κ1) is 13.4. The maximum Gasteiger partial charge on any atom is 0.230 e. The van der Waals surface area contributed by atoms with Crippen molar-refractivity contribution in [3.05, 3.63) is 29.3 Å². The molecule has 0 bridgehead atoms. The lowest BCUT2D eigenvalue weighted by atomic mass is 10.1. The molecule has 2 rings (SSSR count). The largest absolute Gasteiger partial charge is 0.392 e. The van der Waals surface area contributed by atoms with E-state index in [0.29, 0.717) is 12.3 Å². The number of aliphatic hydroxyl groups is 1. The highest BCUT2D eigenvalue weighted by Gasteiger charge is 2.11. The number of fused-ring (bicyclic) bond motifs is 1. The summed E-state index contributed by atoms with van der Waals surface area (Å²) in [4.78, 5) is 12.7. The summed E-state index contributed by atoms with van der Waals surface area (Å²) in [6.45, 7) is 1.98. The SMILES string of the molecule is CC(O)CNC(=O)CSc1ccc2c(c1)CCC2. The van der Waals surface area contributed by atoms with Gasteiger partial charge in [-0.1, -0.05) is 6.07 Å². The third-order valence-electron chi connectivity index (χ3n) is 3.03. The molecule has 1 aromatic rings. The highest BCUT2D eigenvalue weighted by atomic mass is 32.2. The standard InChI is InChI=1S/C14H19NO2S/c1-10(16)8-15-14(17)9-18-13-6-5-11-3-2-4-12(11)7-13/h5-7,10,16H,2-4,8-9H2,1H3,(H,15,17). The van der Waals surface area contributed by atoms with Crippen molar-refractivity contribution in [3.63, 3.8) is 0 Å². The van der Waals surface area contributed by atoms with Crippen LogP contribution >= 0.6 is 11.8 Å². The van der Waals surface area contributed by atoms with E-state index in [2.05, 4.69) is 23.5 Å². The summed E-state index contributed by atoms with van der Waals surface area (Å²) in [5.41, 5.74) is 2.89. The van der Waals surface area contributed by atoms with Crippen LogP contribution in [-0.2, 0) is 17.6 Å². The Morgan fingerprint density at radius 1 is 1.44 bits per heavy atom. The number of rotatable bonds is 5. The summed E-state index contributed by atoms with van der Waals surface area (Å²) in [7, 11) is 0. The van der Waals surface area contributed by atoms with Crippen LogP contribution in [0.5, 0.6) is 0 Å². The third kappa shape index (κ3) is 3.75. The molecule has 0 aromatic heterocycles. The van der Waals surface area contributed by atoms with Gasteiger partial charge >= 0.3 is 0 Å². The molecule has 2 N–H and O–H groups in total. The van der Waals surface area contributed by atoms with Gasteiger partial charge in [-0.05, 0) is 49.4 Å². The van der Waals surface area contributed by atoms with E-state index in [1.165, 1.54) is 24.0 Å². The zero-order valence-corrected chi connectivity index (χ0v) is 11.4. The average Bonchev–Trinajstić information content (AvgIpc) is 2.81. The van der Waals surface area contributed by atoms with Crippen LogP contribution in [-0.4, -0.2) is 29.4 Å². The molecular weight excluding hydrogens is 246 g/mol. The molecule has 1 unspecified atom stereocenters. The van der Waals surface area contributed by atoms with Crippen molar-refractivity contribution in [2.24, 2.45) is 0 Å². The predicted molar refractivity (Wildman–Crippen MR) is 73.9 cm³/mol. The van der Waals surface area contributed by atoms with Crippen LogP contribution in [0.1, 0.15) is 24.5 Å². The van der Waals surface area contributed by atoms with Gasteiger partial charge in [-0.15, -0.1) is 11.8 Å².